The number of rotatable bonds is 6. The van der Waals surface area contributed by atoms with E-state index in [1.807, 2.05) is 32.0 Å². The molecule has 0 radical (unpaired) electrons. The van der Waals surface area contributed by atoms with Crippen LogP contribution in [0.25, 0.3) is 21.0 Å². The van der Waals surface area contributed by atoms with Gasteiger partial charge in [0.05, 0.1) is 11.6 Å². The molecule has 0 unspecified atom stereocenters. The molecular weight excluding hydrogens is 480 g/mol. The van der Waals surface area contributed by atoms with E-state index in [1.165, 1.54) is 36.3 Å². The van der Waals surface area contributed by atoms with Crippen molar-refractivity contribution in [3.63, 3.8) is 0 Å². The van der Waals surface area contributed by atoms with Gasteiger partial charge in [0.15, 0.2) is 0 Å². The molecule has 5 rings (SSSR count). The monoisotopic (exact) mass is 504 g/mol. The second kappa shape index (κ2) is 9.31. The zero-order chi connectivity index (χ0) is 24.7. The van der Waals surface area contributed by atoms with E-state index in [0.717, 1.165) is 25.8 Å². The maximum atomic E-state index is 13.4. The second-order valence-corrected chi connectivity index (χ2v) is 10.9. The summed E-state index contributed by atoms with van der Waals surface area (Å²) in [5.41, 5.74) is 0.422. The quantitative estimate of drug-likeness (QED) is 0.195. The van der Waals surface area contributed by atoms with Gasteiger partial charge in [-0.15, -0.1) is 11.3 Å². The van der Waals surface area contributed by atoms with Crippen molar-refractivity contribution < 1.29 is 4.73 Å². The number of thiophene rings is 1. The SMILES string of the molecule is CC(C)Cn1c(=O)n(C)c(=O)c2c(Sc3nccc[n+]3[O-])c(Cc3cccc4ccccc34)sc21. The van der Waals surface area contributed by atoms with Gasteiger partial charge in [0.25, 0.3) is 5.56 Å². The first-order valence-electron chi connectivity index (χ1n) is 11.3. The van der Waals surface area contributed by atoms with Crippen LogP contribution in [0.3, 0.4) is 0 Å². The Morgan fingerprint density at radius 2 is 1.89 bits per heavy atom. The smallest absolute Gasteiger partial charge is 0.367 e. The van der Waals surface area contributed by atoms with Crippen LogP contribution in [0.5, 0.6) is 0 Å². The zero-order valence-electron chi connectivity index (χ0n) is 19.6. The van der Waals surface area contributed by atoms with Crippen molar-refractivity contribution in [2.75, 3.05) is 0 Å². The molecule has 0 aliphatic rings. The van der Waals surface area contributed by atoms with E-state index in [2.05, 4.69) is 29.2 Å². The van der Waals surface area contributed by atoms with Crippen LogP contribution in [0.2, 0.25) is 0 Å². The molecule has 0 bridgehead atoms. The van der Waals surface area contributed by atoms with Crippen molar-refractivity contribution >= 4 is 44.1 Å². The Bertz CT molecular complexity index is 1680. The summed E-state index contributed by atoms with van der Waals surface area (Å²) in [6.45, 7) is 4.57. The Balaban J connectivity index is 1.79. The molecule has 0 fully saturated rings. The Morgan fingerprint density at radius 3 is 2.66 bits per heavy atom. The predicted octanol–water partition coefficient (Wildman–Crippen LogP) is 4.34. The lowest BCUT2D eigenvalue weighted by molar-refractivity contribution is -0.650. The van der Waals surface area contributed by atoms with E-state index in [1.54, 1.807) is 16.8 Å². The summed E-state index contributed by atoms with van der Waals surface area (Å²) in [7, 11) is 1.51. The molecule has 178 valence electrons. The molecule has 0 aliphatic carbocycles. The molecule has 3 heterocycles. The molecule has 9 heteroatoms. The van der Waals surface area contributed by atoms with Gasteiger partial charge in [-0.2, -0.15) is 0 Å². The fraction of sp³-hybridized carbons (Fsp3) is 0.231. The zero-order valence-corrected chi connectivity index (χ0v) is 21.2. The van der Waals surface area contributed by atoms with Crippen LogP contribution in [-0.2, 0) is 20.0 Å². The number of hydrogen-bond acceptors (Lipinski definition) is 6. The van der Waals surface area contributed by atoms with Crippen LogP contribution < -0.4 is 16.0 Å². The van der Waals surface area contributed by atoms with Crippen LogP contribution in [-0.4, -0.2) is 14.1 Å². The highest BCUT2D eigenvalue weighted by Gasteiger charge is 2.25. The molecule has 0 saturated carbocycles. The lowest BCUT2D eigenvalue weighted by atomic mass is 10.0. The average molecular weight is 505 g/mol. The third kappa shape index (κ3) is 4.26. The normalized spacial score (nSPS) is 11.7. The van der Waals surface area contributed by atoms with Gasteiger partial charge < -0.3 is 5.21 Å². The number of benzene rings is 2. The van der Waals surface area contributed by atoms with Crippen LogP contribution >= 0.6 is 23.1 Å². The van der Waals surface area contributed by atoms with Crippen molar-refractivity contribution in [1.29, 1.82) is 0 Å². The molecule has 3 aromatic heterocycles. The number of nitrogens with zero attached hydrogens (tertiary/aromatic N) is 4. The average Bonchev–Trinajstić information content (AvgIpc) is 3.19. The van der Waals surface area contributed by atoms with E-state index < -0.39 is 0 Å². The van der Waals surface area contributed by atoms with Crippen molar-refractivity contribution in [2.24, 2.45) is 13.0 Å². The van der Waals surface area contributed by atoms with Gasteiger partial charge in [-0.25, -0.2) is 9.52 Å². The largest absolute Gasteiger partial charge is 0.710 e. The van der Waals surface area contributed by atoms with Gasteiger partial charge in [0.2, 0.25) is 0 Å². The summed E-state index contributed by atoms with van der Waals surface area (Å²) in [5, 5.41) is 15.4. The highest BCUT2D eigenvalue weighted by atomic mass is 32.2. The molecule has 5 aromatic rings. The number of hydrogen-bond donors (Lipinski definition) is 0. The Hall–Kier alpha value is -3.43. The van der Waals surface area contributed by atoms with E-state index in [4.69, 9.17) is 0 Å². The van der Waals surface area contributed by atoms with Crippen molar-refractivity contribution in [3.05, 3.63) is 97.4 Å². The van der Waals surface area contributed by atoms with Crippen LogP contribution in [0.1, 0.15) is 24.3 Å². The lowest BCUT2D eigenvalue weighted by Gasteiger charge is -2.11. The first-order chi connectivity index (χ1) is 16.8. The maximum Gasteiger partial charge on any atom is 0.367 e. The Kier molecular flexibility index (Phi) is 6.21. The minimum Gasteiger partial charge on any atom is -0.710 e. The molecule has 7 nitrogen and oxygen atoms in total. The minimum absolute atomic E-state index is 0.215. The summed E-state index contributed by atoms with van der Waals surface area (Å²) >= 11 is 2.63. The molecule has 0 atom stereocenters. The molecule has 35 heavy (non-hydrogen) atoms. The highest BCUT2D eigenvalue weighted by Crippen LogP contribution is 2.40. The standard InChI is InChI=1S/C26H24N4O3S2/c1-16(2)15-29-24-21(23(31)28(3)26(29)32)22(35-25-27-12-7-13-30(25)33)20(34-24)14-18-10-6-9-17-8-4-5-11-19(17)18/h4-13,16H,14-15H2,1-3H3. The lowest BCUT2D eigenvalue weighted by Crippen LogP contribution is -2.38. The first-order valence-corrected chi connectivity index (χ1v) is 12.9. The second-order valence-electron chi connectivity index (χ2n) is 8.83. The van der Waals surface area contributed by atoms with Crippen LogP contribution in [0.15, 0.2) is 80.6 Å². The Labute approximate surface area is 209 Å². The highest BCUT2D eigenvalue weighted by molar-refractivity contribution is 7.99. The molecule has 0 amide bonds. The fourth-order valence-electron chi connectivity index (χ4n) is 4.23. The Morgan fingerprint density at radius 1 is 1.11 bits per heavy atom. The molecule has 0 N–H and O–H groups in total. The molecule has 0 saturated heterocycles. The van der Waals surface area contributed by atoms with Gasteiger partial charge in [0, 0.05) is 47.6 Å². The maximum absolute atomic E-state index is 13.4. The third-order valence-corrected chi connectivity index (χ3v) is 8.31. The molecule has 0 aliphatic heterocycles. The van der Waals surface area contributed by atoms with Gasteiger partial charge in [-0.1, -0.05) is 56.3 Å². The minimum atomic E-state index is -0.360. The van der Waals surface area contributed by atoms with Gasteiger partial charge >= 0.3 is 10.8 Å². The van der Waals surface area contributed by atoms with Gasteiger partial charge in [-0.05, 0) is 27.2 Å². The third-order valence-electron chi connectivity index (χ3n) is 5.85. The topological polar surface area (TPSA) is 83.8 Å². The summed E-state index contributed by atoms with van der Waals surface area (Å²) in [5.74, 6) is 0.215. The van der Waals surface area contributed by atoms with Crippen molar-refractivity contribution in [1.82, 2.24) is 14.1 Å². The first kappa shape index (κ1) is 23.3. The summed E-state index contributed by atoms with van der Waals surface area (Å²) < 4.78 is 3.55. The van der Waals surface area contributed by atoms with E-state index >= 15 is 0 Å². The van der Waals surface area contributed by atoms with Crippen LogP contribution in [0, 0.1) is 11.1 Å². The van der Waals surface area contributed by atoms with E-state index in [0.29, 0.717) is 32.8 Å². The number of aromatic nitrogens is 4. The van der Waals surface area contributed by atoms with E-state index in [9.17, 15) is 14.8 Å². The number of fused-ring (bicyclic) bond motifs is 2. The predicted molar refractivity (Wildman–Crippen MR) is 140 cm³/mol. The summed E-state index contributed by atoms with van der Waals surface area (Å²) in [4.78, 5) is 32.9. The van der Waals surface area contributed by atoms with Crippen molar-refractivity contribution in [3.8, 4) is 0 Å². The summed E-state index contributed by atoms with van der Waals surface area (Å²) in [6.07, 6.45) is 3.51. The summed E-state index contributed by atoms with van der Waals surface area (Å²) in [6, 6.07) is 15.9. The molecular formula is C26H24N4O3S2. The fourth-order valence-corrected chi connectivity index (χ4v) is 6.67. The van der Waals surface area contributed by atoms with Gasteiger partial charge in [-0.3, -0.25) is 13.9 Å². The molecule has 2 aromatic carbocycles. The van der Waals surface area contributed by atoms with E-state index in [-0.39, 0.29) is 22.3 Å². The van der Waals surface area contributed by atoms with Crippen molar-refractivity contribution in [2.45, 2.75) is 36.9 Å². The van der Waals surface area contributed by atoms with Crippen LogP contribution in [0.4, 0.5) is 0 Å². The van der Waals surface area contributed by atoms with Gasteiger partial charge in [0.1, 0.15) is 11.0 Å². The molecule has 0 spiro atoms.